The number of ether oxygens (including phenoxy) is 1. The molecule has 0 bridgehead atoms. The third kappa shape index (κ3) is 4.44. The van der Waals surface area contributed by atoms with Crippen LogP contribution >= 0.6 is 0 Å². The Balaban J connectivity index is 2.55. The maximum Gasteiger partial charge on any atom is 0.236 e. The molecule has 0 aromatic heterocycles. The average molecular weight is 236 g/mol. The first-order valence-corrected chi connectivity index (χ1v) is 5.54. The van der Waals surface area contributed by atoms with Crippen LogP contribution in [0.15, 0.2) is 24.3 Å². The number of hydrogen-bond donors (Lipinski definition) is 0. The van der Waals surface area contributed by atoms with Gasteiger partial charge in [0.2, 0.25) is 5.91 Å². The fourth-order valence-electron chi connectivity index (χ4n) is 1.51. The largest absolute Gasteiger partial charge is 0.497 e. The van der Waals surface area contributed by atoms with Gasteiger partial charge < -0.3 is 9.64 Å². The highest BCUT2D eigenvalue weighted by Gasteiger charge is 2.08. The van der Waals surface area contributed by atoms with Crippen molar-refractivity contribution >= 4 is 5.91 Å². The lowest BCUT2D eigenvalue weighted by Crippen LogP contribution is -2.34. The fraction of sp³-hybridized carbons (Fsp3) is 0.462. The van der Waals surface area contributed by atoms with Crippen molar-refractivity contribution in [3.05, 3.63) is 29.8 Å². The zero-order chi connectivity index (χ0) is 12.8. The molecule has 1 aromatic carbocycles. The van der Waals surface area contributed by atoms with Crippen molar-refractivity contribution in [2.24, 2.45) is 0 Å². The van der Waals surface area contributed by atoms with Gasteiger partial charge in [0.15, 0.2) is 0 Å². The summed E-state index contributed by atoms with van der Waals surface area (Å²) in [6.45, 7) is 1.15. The standard InChI is InChI=1S/C13H20N2O2/c1-14(2)13(16)10-15(3)9-11-6-5-7-12(8-11)17-4/h5-8H,9-10H2,1-4H3. The Morgan fingerprint density at radius 1 is 1.29 bits per heavy atom. The van der Waals surface area contributed by atoms with Gasteiger partial charge in [0.05, 0.1) is 13.7 Å². The molecule has 0 aliphatic heterocycles. The Morgan fingerprint density at radius 2 is 2.00 bits per heavy atom. The minimum absolute atomic E-state index is 0.107. The summed E-state index contributed by atoms with van der Waals surface area (Å²) in [5, 5.41) is 0. The maximum absolute atomic E-state index is 11.5. The van der Waals surface area contributed by atoms with E-state index in [1.807, 2.05) is 36.2 Å². The van der Waals surface area contributed by atoms with E-state index in [-0.39, 0.29) is 5.91 Å². The molecule has 4 nitrogen and oxygen atoms in total. The molecule has 1 aromatic rings. The van der Waals surface area contributed by atoms with Crippen LogP contribution in [0.25, 0.3) is 0 Å². The lowest BCUT2D eigenvalue weighted by molar-refractivity contribution is -0.129. The summed E-state index contributed by atoms with van der Waals surface area (Å²) in [4.78, 5) is 15.1. The quantitative estimate of drug-likeness (QED) is 0.770. The number of hydrogen-bond acceptors (Lipinski definition) is 3. The Kier molecular flexibility index (Phi) is 4.97. The van der Waals surface area contributed by atoms with Gasteiger partial charge in [-0.15, -0.1) is 0 Å². The Hall–Kier alpha value is -1.55. The lowest BCUT2D eigenvalue weighted by atomic mass is 10.2. The number of amides is 1. The van der Waals surface area contributed by atoms with Crippen LogP contribution in [-0.2, 0) is 11.3 Å². The normalized spacial score (nSPS) is 10.4. The summed E-state index contributed by atoms with van der Waals surface area (Å²) in [5.41, 5.74) is 1.14. The Labute approximate surface area is 103 Å². The van der Waals surface area contributed by atoms with E-state index in [1.165, 1.54) is 0 Å². The maximum atomic E-state index is 11.5. The first-order chi connectivity index (χ1) is 8.02. The van der Waals surface area contributed by atoms with Crippen LogP contribution in [0.3, 0.4) is 0 Å². The van der Waals surface area contributed by atoms with E-state index in [9.17, 15) is 4.79 Å². The second kappa shape index (κ2) is 6.25. The minimum atomic E-state index is 0.107. The van der Waals surface area contributed by atoms with Crippen molar-refractivity contribution in [1.29, 1.82) is 0 Å². The molecule has 0 spiro atoms. The van der Waals surface area contributed by atoms with Gasteiger partial charge in [0.1, 0.15) is 5.75 Å². The van der Waals surface area contributed by atoms with Gasteiger partial charge in [0, 0.05) is 20.6 Å². The molecule has 0 saturated heterocycles. The van der Waals surface area contributed by atoms with E-state index >= 15 is 0 Å². The zero-order valence-electron chi connectivity index (χ0n) is 10.9. The highest BCUT2D eigenvalue weighted by Crippen LogP contribution is 2.13. The predicted molar refractivity (Wildman–Crippen MR) is 68.0 cm³/mol. The smallest absolute Gasteiger partial charge is 0.236 e. The Morgan fingerprint density at radius 3 is 2.59 bits per heavy atom. The molecule has 0 N–H and O–H groups in total. The average Bonchev–Trinajstić information content (AvgIpc) is 2.28. The van der Waals surface area contributed by atoms with Gasteiger partial charge in [0.25, 0.3) is 0 Å². The summed E-state index contributed by atoms with van der Waals surface area (Å²) in [7, 11) is 7.11. The third-order valence-corrected chi connectivity index (χ3v) is 2.49. The van der Waals surface area contributed by atoms with Crippen LogP contribution in [0.4, 0.5) is 0 Å². The van der Waals surface area contributed by atoms with E-state index < -0.39 is 0 Å². The number of nitrogens with zero attached hydrogens (tertiary/aromatic N) is 2. The summed E-state index contributed by atoms with van der Waals surface area (Å²) in [5.74, 6) is 0.949. The number of rotatable bonds is 5. The summed E-state index contributed by atoms with van der Waals surface area (Å²) in [6.07, 6.45) is 0. The second-order valence-electron chi connectivity index (χ2n) is 4.31. The van der Waals surface area contributed by atoms with Crippen molar-refractivity contribution in [1.82, 2.24) is 9.80 Å². The van der Waals surface area contributed by atoms with E-state index in [0.29, 0.717) is 6.54 Å². The van der Waals surface area contributed by atoms with Crippen molar-refractivity contribution < 1.29 is 9.53 Å². The molecule has 0 saturated carbocycles. The third-order valence-electron chi connectivity index (χ3n) is 2.49. The minimum Gasteiger partial charge on any atom is -0.497 e. The van der Waals surface area contributed by atoms with Crippen molar-refractivity contribution in [3.8, 4) is 5.75 Å². The van der Waals surface area contributed by atoms with Crippen molar-refractivity contribution in [3.63, 3.8) is 0 Å². The molecule has 0 aliphatic rings. The molecule has 4 heteroatoms. The first kappa shape index (κ1) is 13.5. The van der Waals surface area contributed by atoms with Crippen molar-refractivity contribution in [2.75, 3.05) is 34.8 Å². The molecule has 0 fully saturated rings. The molecule has 1 rings (SSSR count). The zero-order valence-corrected chi connectivity index (χ0v) is 10.9. The highest BCUT2D eigenvalue weighted by atomic mass is 16.5. The molecular formula is C13H20N2O2. The molecule has 17 heavy (non-hydrogen) atoms. The van der Waals surface area contributed by atoms with E-state index in [1.54, 1.807) is 26.1 Å². The topological polar surface area (TPSA) is 32.8 Å². The molecule has 1 amide bonds. The van der Waals surface area contributed by atoms with Crippen LogP contribution in [0.5, 0.6) is 5.75 Å². The molecule has 0 radical (unpaired) electrons. The van der Waals surface area contributed by atoms with Gasteiger partial charge in [-0.05, 0) is 24.7 Å². The number of benzene rings is 1. The summed E-state index contributed by atoms with van der Waals surface area (Å²) >= 11 is 0. The second-order valence-corrected chi connectivity index (χ2v) is 4.31. The highest BCUT2D eigenvalue weighted by molar-refractivity contribution is 5.77. The SMILES string of the molecule is COc1cccc(CN(C)CC(=O)N(C)C)c1. The number of carbonyl (C=O) groups excluding carboxylic acids is 1. The summed E-state index contributed by atoms with van der Waals surface area (Å²) in [6, 6.07) is 7.88. The fourth-order valence-corrected chi connectivity index (χ4v) is 1.51. The Bertz CT molecular complexity index is 377. The number of carbonyl (C=O) groups is 1. The van der Waals surface area contributed by atoms with E-state index in [4.69, 9.17) is 4.74 Å². The molecule has 94 valence electrons. The van der Waals surface area contributed by atoms with E-state index in [0.717, 1.165) is 17.9 Å². The first-order valence-electron chi connectivity index (χ1n) is 5.54. The van der Waals surface area contributed by atoms with Crippen LogP contribution in [0.2, 0.25) is 0 Å². The monoisotopic (exact) mass is 236 g/mol. The van der Waals surface area contributed by atoms with Crippen molar-refractivity contribution in [2.45, 2.75) is 6.54 Å². The number of likely N-dealkylation sites (N-methyl/N-ethyl adjacent to an activating group) is 2. The lowest BCUT2D eigenvalue weighted by Gasteiger charge is -2.19. The summed E-state index contributed by atoms with van der Waals surface area (Å²) < 4.78 is 5.16. The van der Waals surface area contributed by atoms with Crippen LogP contribution in [0, 0.1) is 0 Å². The van der Waals surface area contributed by atoms with Gasteiger partial charge >= 0.3 is 0 Å². The molecular weight excluding hydrogens is 216 g/mol. The van der Waals surface area contributed by atoms with Crippen LogP contribution < -0.4 is 4.74 Å². The molecule has 0 aliphatic carbocycles. The molecule has 0 atom stereocenters. The molecule has 0 heterocycles. The van der Waals surface area contributed by atoms with Crippen LogP contribution in [-0.4, -0.2) is 50.5 Å². The van der Waals surface area contributed by atoms with Gasteiger partial charge in [-0.2, -0.15) is 0 Å². The van der Waals surface area contributed by atoms with Gasteiger partial charge in [-0.1, -0.05) is 12.1 Å². The van der Waals surface area contributed by atoms with E-state index in [2.05, 4.69) is 0 Å². The van der Waals surface area contributed by atoms with Gasteiger partial charge in [-0.3, -0.25) is 9.69 Å². The molecule has 0 unspecified atom stereocenters. The van der Waals surface area contributed by atoms with Gasteiger partial charge in [-0.25, -0.2) is 0 Å². The van der Waals surface area contributed by atoms with Crippen LogP contribution in [0.1, 0.15) is 5.56 Å². The predicted octanol–water partition coefficient (Wildman–Crippen LogP) is 1.22. The number of methoxy groups -OCH3 is 1.